The van der Waals surface area contributed by atoms with Gasteiger partial charge in [-0.2, -0.15) is 13.2 Å². The van der Waals surface area contributed by atoms with E-state index in [1.54, 1.807) is 13.2 Å². The number of nitrogens with one attached hydrogen (secondary N) is 3. The van der Waals surface area contributed by atoms with Crippen LogP contribution in [0.15, 0.2) is 91.4 Å². The van der Waals surface area contributed by atoms with Crippen molar-refractivity contribution in [2.24, 2.45) is 0 Å². The van der Waals surface area contributed by atoms with E-state index in [1.165, 1.54) is 23.8 Å². The lowest BCUT2D eigenvalue weighted by molar-refractivity contribution is -0.137. The van der Waals surface area contributed by atoms with E-state index in [2.05, 4.69) is 41.8 Å². The van der Waals surface area contributed by atoms with Gasteiger partial charge < -0.3 is 20.7 Å². The monoisotopic (exact) mass is 509 g/mol. The lowest BCUT2D eigenvalue weighted by atomic mass is 10.1. The normalized spacial score (nSPS) is 14.6. The van der Waals surface area contributed by atoms with E-state index in [0.717, 1.165) is 58.0 Å². The molecular formula is C29H27F4N3O. The van der Waals surface area contributed by atoms with E-state index < -0.39 is 11.7 Å². The van der Waals surface area contributed by atoms with Gasteiger partial charge >= 0.3 is 6.18 Å². The molecule has 0 fully saturated rings. The highest BCUT2D eigenvalue weighted by Crippen LogP contribution is 2.35. The fraction of sp³-hybridized carbons (Fsp3) is 0.172. The number of hydrogen-bond donors (Lipinski definition) is 3. The van der Waals surface area contributed by atoms with Gasteiger partial charge in [-0.25, -0.2) is 4.39 Å². The summed E-state index contributed by atoms with van der Waals surface area (Å²) in [4.78, 5) is 0. The maximum atomic E-state index is 13.0. The lowest BCUT2D eigenvalue weighted by Crippen LogP contribution is -2.04. The Morgan fingerprint density at radius 2 is 1.38 bits per heavy atom. The second kappa shape index (κ2) is 10.4. The first-order chi connectivity index (χ1) is 17.5. The molecule has 4 nitrogen and oxygen atoms in total. The van der Waals surface area contributed by atoms with Gasteiger partial charge in [-0.05, 0) is 47.5 Å². The van der Waals surface area contributed by atoms with Crippen molar-refractivity contribution >= 4 is 17.1 Å². The van der Waals surface area contributed by atoms with Gasteiger partial charge in [0.2, 0.25) is 0 Å². The first-order valence-corrected chi connectivity index (χ1v) is 11.5. The Bertz CT molecular complexity index is 1380. The Labute approximate surface area is 213 Å². The molecule has 3 aromatic rings. The Hall–Kier alpha value is -4.20. The van der Waals surface area contributed by atoms with Crippen molar-refractivity contribution < 1.29 is 22.3 Å². The Balaban J connectivity index is 0.000000131. The maximum Gasteiger partial charge on any atom is 0.416 e. The van der Waals surface area contributed by atoms with E-state index in [1.807, 2.05) is 18.2 Å². The van der Waals surface area contributed by atoms with Crippen molar-refractivity contribution in [2.75, 3.05) is 23.1 Å². The first-order valence-electron chi connectivity index (χ1n) is 11.5. The fourth-order valence-corrected chi connectivity index (χ4v) is 4.22. The van der Waals surface area contributed by atoms with Gasteiger partial charge in [-0.3, -0.25) is 0 Å². The number of methoxy groups -OCH3 is 1. The third kappa shape index (κ3) is 6.14. The van der Waals surface area contributed by atoms with Crippen LogP contribution in [0.1, 0.15) is 22.3 Å². The van der Waals surface area contributed by atoms with E-state index in [9.17, 15) is 17.6 Å². The molecule has 0 unspecified atom stereocenters. The number of hydrogen-bond acceptors (Lipinski definition) is 4. The van der Waals surface area contributed by atoms with Crippen LogP contribution in [0.2, 0.25) is 0 Å². The van der Waals surface area contributed by atoms with Crippen LogP contribution in [0.3, 0.4) is 0 Å². The minimum absolute atomic E-state index is 0.145. The molecule has 3 aromatic carbocycles. The molecule has 0 aliphatic carbocycles. The summed E-state index contributed by atoms with van der Waals surface area (Å²) in [7, 11) is 1.67. The number of ether oxygens (including phenoxy) is 1. The second-order valence-corrected chi connectivity index (χ2v) is 8.87. The zero-order valence-corrected chi connectivity index (χ0v) is 20.4. The summed E-state index contributed by atoms with van der Waals surface area (Å²) in [5.41, 5.74) is 7.44. The number of fused-ring (bicyclic) bond motifs is 3. The van der Waals surface area contributed by atoms with Crippen LogP contribution in [0, 0.1) is 5.82 Å². The molecule has 0 amide bonds. The fourth-order valence-electron chi connectivity index (χ4n) is 4.22. The van der Waals surface area contributed by atoms with E-state index >= 15 is 0 Å². The van der Waals surface area contributed by atoms with Crippen molar-refractivity contribution in [3.05, 3.63) is 119 Å². The molecule has 0 bridgehead atoms. The van der Waals surface area contributed by atoms with Crippen LogP contribution in [-0.4, -0.2) is 7.11 Å². The summed E-state index contributed by atoms with van der Waals surface area (Å²) in [5.74, 6) is 0.740. The van der Waals surface area contributed by atoms with E-state index in [4.69, 9.17) is 4.74 Å². The highest BCUT2D eigenvalue weighted by molar-refractivity contribution is 5.64. The molecule has 0 saturated carbocycles. The average Bonchev–Trinajstić information content (AvgIpc) is 3.52. The Kier molecular flexibility index (Phi) is 7.29. The summed E-state index contributed by atoms with van der Waals surface area (Å²) in [6, 6.07) is 14.7. The molecule has 3 aliphatic heterocycles. The van der Waals surface area contributed by atoms with Crippen LogP contribution in [0.4, 0.5) is 34.6 Å². The number of rotatable bonds is 1. The molecule has 3 heterocycles. The van der Waals surface area contributed by atoms with Gasteiger partial charge in [-0.1, -0.05) is 31.9 Å². The minimum Gasteiger partial charge on any atom is -0.497 e. The lowest BCUT2D eigenvalue weighted by Gasteiger charge is -2.07. The van der Waals surface area contributed by atoms with Gasteiger partial charge in [-0.15, -0.1) is 0 Å². The largest absolute Gasteiger partial charge is 0.497 e. The van der Waals surface area contributed by atoms with E-state index in [-0.39, 0.29) is 5.82 Å². The molecule has 3 aliphatic rings. The van der Waals surface area contributed by atoms with Crippen molar-refractivity contribution in [1.82, 2.24) is 0 Å². The standard InChI is InChI=1S/C10H8F3N.C10H11NO.C9H8FN/c1-6-4-7-5-8(10(11,12)13)2-3-9(7)14-6;1-7-5-8-3-4-9(12-2)6-10(8)11-7;1-6-5-7-8(10)3-2-4-9(7)11-6/h2-3,5,14H,1,4H2;3-4,6,11H,1,5H2,2H3;2-4,11H,1,5H2. The molecule has 0 radical (unpaired) electrons. The second-order valence-electron chi connectivity index (χ2n) is 8.87. The van der Waals surface area contributed by atoms with Crippen molar-refractivity contribution in [2.45, 2.75) is 25.4 Å². The van der Waals surface area contributed by atoms with Crippen LogP contribution in [0.25, 0.3) is 0 Å². The maximum absolute atomic E-state index is 13.0. The summed E-state index contributed by atoms with van der Waals surface area (Å²) >= 11 is 0. The Morgan fingerprint density at radius 3 is 2.05 bits per heavy atom. The highest BCUT2D eigenvalue weighted by Gasteiger charge is 2.31. The molecule has 0 aromatic heterocycles. The SMILES string of the molecule is C=C1Cc2c(F)cccc2N1.C=C1Cc2cc(C(F)(F)F)ccc2N1.C=C1Cc2ccc(OC)cc2N1. The summed E-state index contributed by atoms with van der Waals surface area (Å²) in [5, 5.41) is 9.12. The Morgan fingerprint density at radius 1 is 0.730 bits per heavy atom. The van der Waals surface area contributed by atoms with Crippen molar-refractivity contribution in [3.63, 3.8) is 0 Å². The van der Waals surface area contributed by atoms with Gasteiger partial charge in [0.15, 0.2) is 0 Å². The third-order valence-corrected chi connectivity index (χ3v) is 6.00. The van der Waals surface area contributed by atoms with Crippen molar-refractivity contribution in [3.8, 4) is 5.75 Å². The third-order valence-electron chi connectivity index (χ3n) is 6.00. The topological polar surface area (TPSA) is 45.3 Å². The summed E-state index contributed by atoms with van der Waals surface area (Å²) in [6.45, 7) is 11.3. The zero-order valence-electron chi connectivity index (χ0n) is 20.4. The number of allylic oxidation sites excluding steroid dienone is 3. The number of alkyl halides is 3. The van der Waals surface area contributed by atoms with E-state index in [0.29, 0.717) is 18.4 Å². The van der Waals surface area contributed by atoms with Crippen LogP contribution in [0.5, 0.6) is 5.75 Å². The summed E-state index contributed by atoms with van der Waals surface area (Å²) in [6.07, 6.45) is -2.25. The molecule has 3 N–H and O–H groups in total. The molecule has 0 atom stereocenters. The molecule has 8 heteroatoms. The predicted molar refractivity (Wildman–Crippen MR) is 140 cm³/mol. The molecule has 0 spiro atoms. The molecule has 6 rings (SSSR count). The smallest absolute Gasteiger partial charge is 0.416 e. The molecule has 192 valence electrons. The van der Waals surface area contributed by atoms with Crippen LogP contribution in [-0.2, 0) is 25.4 Å². The first kappa shape index (κ1) is 25.9. The highest BCUT2D eigenvalue weighted by atomic mass is 19.4. The summed E-state index contributed by atoms with van der Waals surface area (Å²) < 4.78 is 55.0. The molecular weight excluding hydrogens is 482 g/mol. The number of anilines is 3. The van der Waals surface area contributed by atoms with Crippen LogP contribution < -0.4 is 20.7 Å². The quantitative estimate of drug-likeness (QED) is 0.295. The van der Waals surface area contributed by atoms with Gasteiger partial charge in [0.25, 0.3) is 0 Å². The van der Waals surface area contributed by atoms with Crippen molar-refractivity contribution in [1.29, 1.82) is 0 Å². The van der Waals surface area contributed by atoms with Gasteiger partial charge in [0.1, 0.15) is 11.6 Å². The van der Waals surface area contributed by atoms with Crippen LogP contribution >= 0.6 is 0 Å². The number of benzene rings is 3. The zero-order chi connectivity index (χ0) is 26.7. The average molecular weight is 510 g/mol. The number of halogens is 4. The predicted octanol–water partition coefficient (Wildman–Crippen LogP) is 7.67. The molecule has 37 heavy (non-hydrogen) atoms. The minimum atomic E-state index is -4.26. The van der Waals surface area contributed by atoms with Gasteiger partial charge in [0, 0.05) is 65.0 Å². The molecule has 0 saturated heterocycles. The van der Waals surface area contributed by atoms with Gasteiger partial charge in [0.05, 0.1) is 12.7 Å².